The van der Waals surface area contributed by atoms with Crippen LogP contribution in [0.2, 0.25) is 0 Å². The van der Waals surface area contributed by atoms with Gasteiger partial charge in [0.05, 0.1) is 21.3 Å². The molecule has 1 aromatic carbocycles. The number of nitrogens with zero attached hydrogens (tertiary/aromatic N) is 2. The lowest BCUT2D eigenvalue weighted by molar-refractivity contribution is 0.177. The first-order chi connectivity index (χ1) is 9.63. The monoisotopic (exact) mass is 284 g/mol. The maximum absolute atomic E-state index is 10.4. The van der Waals surface area contributed by atoms with E-state index in [1.54, 1.807) is 11.3 Å². The average Bonchev–Trinajstić information content (AvgIpc) is 2.80. The Morgan fingerprint density at radius 1 is 1.10 bits per heavy atom. The first-order valence-electron chi connectivity index (χ1n) is 6.60. The minimum absolute atomic E-state index is 0.533. The zero-order valence-corrected chi connectivity index (χ0v) is 12.3. The van der Waals surface area contributed by atoms with Crippen LogP contribution >= 0.6 is 11.3 Å². The standard InChI is InChI=1S/C16H16N2OS/c1-10-7-8-12(11(2)17-10)14(19)9-16-18-13-5-3-4-6-15(13)20-16/h3-8,14,19H,9H2,1-2H3. The highest BCUT2D eigenvalue weighted by Gasteiger charge is 2.14. The molecule has 0 bridgehead atoms. The fourth-order valence-electron chi connectivity index (χ4n) is 2.33. The van der Waals surface area contributed by atoms with E-state index < -0.39 is 6.10 Å². The lowest BCUT2D eigenvalue weighted by atomic mass is 10.1. The fraction of sp³-hybridized carbons (Fsp3) is 0.250. The van der Waals surface area contributed by atoms with Crippen molar-refractivity contribution in [2.75, 3.05) is 0 Å². The zero-order chi connectivity index (χ0) is 14.1. The summed E-state index contributed by atoms with van der Waals surface area (Å²) in [6, 6.07) is 11.9. The second kappa shape index (κ2) is 5.31. The Bertz CT molecular complexity index is 718. The molecule has 1 N–H and O–H groups in total. The van der Waals surface area contributed by atoms with E-state index in [0.29, 0.717) is 6.42 Å². The minimum atomic E-state index is -0.552. The number of aromatic nitrogens is 2. The third-order valence-electron chi connectivity index (χ3n) is 3.33. The van der Waals surface area contributed by atoms with Crippen LogP contribution in [0, 0.1) is 13.8 Å². The highest BCUT2D eigenvalue weighted by molar-refractivity contribution is 7.18. The molecule has 0 saturated heterocycles. The highest BCUT2D eigenvalue weighted by atomic mass is 32.1. The van der Waals surface area contributed by atoms with Gasteiger partial charge in [0.1, 0.15) is 0 Å². The Kier molecular flexibility index (Phi) is 3.51. The molecule has 0 radical (unpaired) electrons. The molecule has 0 spiro atoms. The molecule has 2 heterocycles. The van der Waals surface area contributed by atoms with Crippen LogP contribution in [-0.2, 0) is 6.42 Å². The van der Waals surface area contributed by atoms with Gasteiger partial charge in [-0.25, -0.2) is 4.98 Å². The largest absolute Gasteiger partial charge is 0.388 e. The van der Waals surface area contributed by atoms with E-state index in [1.165, 1.54) is 0 Å². The molecule has 4 heteroatoms. The number of para-hydroxylation sites is 1. The van der Waals surface area contributed by atoms with Crippen LogP contribution in [-0.4, -0.2) is 15.1 Å². The van der Waals surface area contributed by atoms with E-state index in [2.05, 4.69) is 16.0 Å². The molecule has 20 heavy (non-hydrogen) atoms. The summed E-state index contributed by atoms with van der Waals surface area (Å²) in [5.74, 6) is 0. The number of aliphatic hydroxyl groups is 1. The van der Waals surface area contributed by atoms with Crippen LogP contribution in [0.25, 0.3) is 10.2 Å². The molecule has 0 fully saturated rings. The zero-order valence-electron chi connectivity index (χ0n) is 11.5. The lowest BCUT2D eigenvalue weighted by Crippen LogP contribution is -2.05. The molecule has 0 amide bonds. The molecule has 3 aromatic rings. The number of hydrogen-bond donors (Lipinski definition) is 1. The summed E-state index contributed by atoms with van der Waals surface area (Å²) < 4.78 is 1.16. The number of aliphatic hydroxyl groups excluding tert-OH is 1. The number of fused-ring (bicyclic) bond motifs is 1. The fourth-order valence-corrected chi connectivity index (χ4v) is 3.34. The van der Waals surface area contributed by atoms with Gasteiger partial charge >= 0.3 is 0 Å². The topological polar surface area (TPSA) is 46.0 Å². The van der Waals surface area contributed by atoms with Crippen molar-refractivity contribution in [3.05, 3.63) is 58.4 Å². The van der Waals surface area contributed by atoms with Crippen molar-refractivity contribution in [2.45, 2.75) is 26.4 Å². The number of hydrogen-bond acceptors (Lipinski definition) is 4. The summed E-state index contributed by atoms with van der Waals surface area (Å²) in [4.78, 5) is 8.97. The summed E-state index contributed by atoms with van der Waals surface area (Å²) in [5, 5.41) is 11.4. The number of aryl methyl sites for hydroxylation is 2. The number of benzene rings is 1. The highest BCUT2D eigenvalue weighted by Crippen LogP contribution is 2.27. The van der Waals surface area contributed by atoms with Crippen LogP contribution < -0.4 is 0 Å². The van der Waals surface area contributed by atoms with Crippen molar-refractivity contribution in [1.82, 2.24) is 9.97 Å². The van der Waals surface area contributed by atoms with E-state index in [-0.39, 0.29) is 0 Å². The minimum Gasteiger partial charge on any atom is -0.388 e. The first kappa shape index (κ1) is 13.2. The summed E-state index contributed by atoms with van der Waals surface area (Å²) in [6.07, 6.45) is -0.0195. The van der Waals surface area contributed by atoms with E-state index in [0.717, 1.165) is 32.2 Å². The van der Waals surface area contributed by atoms with Gasteiger partial charge in [-0.3, -0.25) is 4.98 Å². The second-order valence-electron chi connectivity index (χ2n) is 4.92. The van der Waals surface area contributed by atoms with Crippen LogP contribution in [0.4, 0.5) is 0 Å². The molecule has 0 saturated carbocycles. The maximum atomic E-state index is 10.4. The van der Waals surface area contributed by atoms with Crippen molar-refractivity contribution in [2.24, 2.45) is 0 Å². The van der Waals surface area contributed by atoms with Crippen molar-refractivity contribution in [1.29, 1.82) is 0 Å². The van der Waals surface area contributed by atoms with Gasteiger partial charge in [-0.05, 0) is 32.0 Å². The molecule has 2 aromatic heterocycles. The van der Waals surface area contributed by atoms with Gasteiger partial charge in [0.25, 0.3) is 0 Å². The Morgan fingerprint density at radius 3 is 2.65 bits per heavy atom. The molecule has 0 aliphatic rings. The predicted molar refractivity (Wildman–Crippen MR) is 82.0 cm³/mol. The average molecular weight is 284 g/mol. The molecular weight excluding hydrogens is 268 g/mol. The SMILES string of the molecule is Cc1ccc(C(O)Cc2nc3ccccc3s2)c(C)n1. The molecular formula is C16H16N2OS. The Labute approximate surface area is 122 Å². The quantitative estimate of drug-likeness (QED) is 0.799. The smallest absolute Gasteiger partial charge is 0.0967 e. The van der Waals surface area contributed by atoms with Crippen molar-refractivity contribution in [3.8, 4) is 0 Å². The van der Waals surface area contributed by atoms with Crippen LogP contribution in [0.3, 0.4) is 0 Å². The number of pyridine rings is 1. The normalized spacial score (nSPS) is 12.8. The van der Waals surface area contributed by atoms with Crippen LogP contribution in [0.15, 0.2) is 36.4 Å². The summed E-state index contributed by atoms with van der Waals surface area (Å²) in [7, 11) is 0. The van der Waals surface area contributed by atoms with Gasteiger partial charge in [-0.2, -0.15) is 0 Å². The van der Waals surface area contributed by atoms with Gasteiger partial charge in [0, 0.05) is 23.4 Å². The maximum Gasteiger partial charge on any atom is 0.0967 e. The molecule has 0 aliphatic carbocycles. The Morgan fingerprint density at radius 2 is 1.90 bits per heavy atom. The van der Waals surface area contributed by atoms with E-state index in [9.17, 15) is 5.11 Å². The third kappa shape index (κ3) is 2.57. The molecule has 3 nitrogen and oxygen atoms in total. The van der Waals surface area contributed by atoms with Gasteiger partial charge in [0.15, 0.2) is 0 Å². The number of rotatable bonds is 3. The second-order valence-corrected chi connectivity index (χ2v) is 6.04. The Hall–Kier alpha value is -1.78. The van der Waals surface area contributed by atoms with Crippen molar-refractivity contribution >= 4 is 21.6 Å². The third-order valence-corrected chi connectivity index (χ3v) is 4.39. The lowest BCUT2D eigenvalue weighted by Gasteiger charge is -2.12. The van der Waals surface area contributed by atoms with Crippen LogP contribution in [0.5, 0.6) is 0 Å². The molecule has 1 atom stereocenters. The van der Waals surface area contributed by atoms with E-state index in [1.807, 2.05) is 44.2 Å². The van der Waals surface area contributed by atoms with Gasteiger partial charge < -0.3 is 5.11 Å². The molecule has 0 aliphatic heterocycles. The molecule has 3 rings (SSSR count). The van der Waals surface area contributed by atoms with Crippen molar-refractivity contribution in [3.63, 3.8) is 0 Å². The summed E-state index contributed by atoms with van der Waals surface area (Å²) in [6.45, 7) is 3.89. The van der Waals surface area contributed by atoms with Crippen LogP contribution in [0.1, 0.15) is 28.1 Å². The van der Waals surface area contributed by atoms with Gasteiger partial charge in [-0.15, -0.1) is 11.3 Å². The summed E-state index contributed by atoms with van der Waals surface area (Å²) >= 11 is 1.64. The Balaban J connectivity index is 1.86. The van der Waals surface area contributed by atoms with Crippen molar-refractivity contribution < 1.29 is 5.11 Å². The van der Waals surface area contributed by atoms with E-state index >= 15 is 0 Å². The first-order valence-corrected chi connectivity index (χ1v) is 7.42. The summed E-state index contributed by atoms with van der Waals surface area (Å²) in [5.41, 5.74) is 3.74. The number of thiazole rings is 1. The molecule has 102 valence electrons. The van der Waals surface area contributed by atoms with E-state index in [4.69, 9.17) is 0 Å². The van der Waals surface area contributed by atoms with Gasteiger partial charge in [-0.1, -0.05) is 18.2 Å². The predicted octanol–water partition coefficient (Wildman–Crippen LogP) is 3.58. The molecule has 1 unspecified atom stereocenters. The van der Waals surface area contributed by atoms with Gasteiger partial charge in [0.2, 0.25) is 0 Å².